The summed E-state index contributed by atoms with van der Waals surface area (Å²) in [7, 11) is 1.64. The summed E-state index contributed by atoms with van der Waals surface area (Å²) in [5.41, 5.74) is 4.58. The van der Waals surface area contributed by atoms with Crippen LogP contribution in [0.3, 0.4) is 0 Å². The summed E-state index contributed by atoms with van der Waals surface area (Å²) in [5.74, 6) is 1.73. The molecule has 2 aromatic heterocycles. The molecule has 0 atom stereocenters. The third kappa shape index (κ3) is 6.80. The van der Waals surface area contributed by atoms with Gasteiger partial charge in [0.2, 0.25) is 0 Å². The Bertz CT molecular complexity index is 1730. The van der Waals surface area contributed by atoms with Gasteiger partial charge in [-0.2, -0.15) is 0 Å². The van der Waals surface area contributed by atoms with Crippen molar-refractivity contribution in [1.82, 2.24) is 19.8 Å². The number of ether oxygens (including phenoxy) is 1. The van der Waals surface area contributed by atoms with E-state index in [2.05, 4.69) is 49.8 Å². The number of hydrogen-bond acceptors (Lipinski definition) is 8. The van der Waals surface area contributed by atoms with Crippen LogP contribution in [-0.2, 0) is 6.54 Å². The Morgan fingerprint density at radius 3 is 2.28 bits per heavy atom. The van der Waals surface area contributed by atoms with Crippen LogP contribution in [0.4, 0.5) is 34.4 Å². The van der Waals surface area contributed by atoms with Crippen molar-refractivity contribution >= 4 is 45.2 Å². The van der Waals surface area contributed by atoms with Gasteiger partial charge in [-0.1, -0.05) is 37.3 Å². The van der Waals surface area contributed by atoms with Crippen molar-refractivity contribution in [2.75, 3.05) is 55.8 Å². The lowest BCUT2D eigenvalue weighted by molar-refractivity contribution is 0.132. The van der Waals surface area contributed by atoms with Crippen LogP contribution in [0.15, 0.2) is 95.9 Å². The molecule has 3 heterocycles. The number of anilines is 6. The van der Waals surface area contributed by atoms with Crippen LogP contribution in [0.1, 0.15) is 12.5 Å². The monoisotopic (exact) mass is 575 g/mol. The highest BCUT2D eigenvalue weighted by molar-refractivity contribution is 5.95. The van der Waals surface area contributed by atoms with Gasteiger partial charge >= 0.3 is 0 Å². The molecule has 3 aromatic carbocycles. The van der Waals surface area contributed by atoms with E-state index in [0.717, 1.165) is 67.4 Å². The summed E-state index contributed by atoms with van der Waals surface area (Å²) in [6.45, 7) is 8.68. The summed E-state index contributed by atoms with van der Waals surface area (Å²) >= 11 is 0. The second-order valence-corrected chi connectivity index (χ2v) is 10.7. The van der Waals surface area contributed by atoms with Crippen LogP contribution in [0.2, 0.25) is 0 Å². The topological polar surface area (TPSA) is 97.5 Å². The Morgan fingerprint density at radius 1 is 0.814 bits per heavy atom. The number of H-pyrrole nitrogens is 1. The number of aromatic amines is 1. The number of nitrogens with zero attached hydrogens (tertiary/aromatic N) is 3. The molecular formula is C34H37N7O2. The van der Waals surface area contributed by atoms with Crippen molar-refractivity contribution in [1.29, 1.82) is 0 Å². The molecule has 5 aromatic rings. The molecule has 0 aliphatic carbocycles. The van der Waals surface area contributed by atoms with Gasteiger partial charge in [0.25, 0.3) is 5.56 Å². The normalized spacial score (nSPS) is 14.0. The van der Waals surface area contributed by atoms with Gasteiger partial charge in [0.15, 0.2) is 0 Å². The molecule has 0 bridgehead atoms. The third-order valence-corrected chi connectivity index (χ3v) is 7.82. The van der Waals surface area contributed by atoms with Crippen molar-refractivity contribution in [3.05, 3.63) is 107 Å². The zero-order valence-electron chi connectivity index (χ0n) is 24.6. The Morgan fingerprint density at radius 2 is 1.53 bits per heavy atom. The van der Waals surface area contributed by atoms with Crippen molar-refractivity contribution in [2.24, 2.45) is 0 Å². The number of hydrogen-bond donors (Lipinski definition) is 4. The van der Waals surface area contributed by atoms with E-state index in [1.165, 1.54) is 5.56 Å². The van der Waals surface area contributed by atoms with Gasteiger partial charge < -0.3 is 30.6 Å². The van der Waals surface area contributed by atoms with Gasteiger partial charge in [0.1, 0.15) is 17.4 Å². The number of likely N-dealkylation sites (N-methyl/N-ethyl adjacent to an activating group) is 1. The Kier molecular flexibility index (Phi) is 8.53. The molecule has 1 aliphatic rings. The molecule has 0 radical (unpaired) electrons. The number of benzene rings is 3. The fourth-order valence-electron chi connectivity index (χ4n) is 5.42. The average Bonchev–Trinajstić information content (AvgIpc) is 3.03. The number of para-hydroxylation sites is 1. The van der Waals surface area contributed by atoms with Gasteiger partial charge in [-0.15, -0.1) is 0 Å². The number of nitrogens with one attached hydrogen (secondary N) is 4. The first-order valence-electron chi connectivity index (χ1n) is 14.7. The fraction of sp³-hybridized carbons (Fsp3) is 0.235. The van der Waals surface area contributed by atoms with Gasteiger partial charge in [0.05, 0.1) is 18.2 Å². The highest BCUT2D eigenvalue weighted by Crippen LogP contribution is 2.33. The molecule has 0 spiro atoms. The van der Waals surface area contributed by atoms with Crippen molar-refractivity contribution in [3.63, 3.8) is 0 Å². The number of rotatable bonds is 10. The Hall–Kier alpha value is -4.86. The lowest BCUT2D eigenvalue weighted by atomic mass is 10.1. The van der Waals surface area contributed by atoms with E-state index in [4.69, 9.17) is 9.72 Å². The maximum Gasteiger partial charge on any atom is 0.259 e. The molecule has 0 amide bonds. The number of fused-ring (bicyclic) bond motifs is 1. The van der Waals surface area contributed by atoms with Crippen LogP contribution >= 0.6 is 0 Å². The molecular weight excluding hydrogens is 538 g/mol. The first-order chi connectivity index (χ1) is 21.1. The average molecular weight is 576 g/mol. The molecule has 43 heavy (non-hydrogen) atoms. The molecule has 4 N–H and O–H groups in total. The first kappa shape index (κ1) is 28.3. The second-order valence-electron chi connectivity index (χ2n) is 10.7. The Balaban J connectivity index is 1.22. The molecule has 0 unspecified atom stereocenters. The number of methoxy groups -OCH3 is 1. The van der Waals surface area contributed by atoms with E-state index in [9.17, 15) is 4.79 Å². The maximum atomic E-state index is 12.9. The second kappa shape index (κ2) is 13.0. The molecule has 1 aliphatic heterocycles. The summed E-state index contributed by atoms with van der Waals surface area (Å²) in [5, 5.41) is 11.4. The molecule has 9 nitrogen and oxygen atoms in total. The molecule has 9 heteroatoms. The molecule has 1 fully saturated rings. The lowest BCUT2D eigenvalue weighted by Gasteiger charge is -2.34. The first-order valence-corrected chi connectivity index (χ1v) is 14.7. The van der Waals surface area contributed by atoms with Crippen molar-refractivity contribution < 1.29 is 4.74 Å². The van der Waals surface area contributed by atoms with E-state index < -0.39 is 0 Å². The summed E-state index contributed by atoms with van der Waals surface area (Å²) in [4.78, 5) is 25.5. The lowest BCUT2D eigenvalue weighted by Crippen LogP contribution is -2.45. The largest absolute Gasteiger partial charge is 0.494 e. The van der Waals surface area contributed by atoms with E-state index in [1.807, 2.05) is 72.8 Å². The van der Waals surface area contributed by atoms with Gasteiger partial charge in [-0.05, 0) is 66.0 Å². The molecule has 0 saturated carbocycles. The number of piperazine rings is 1. The standard InChI is InChI=1S/C34H37N7O2/c1-3-40-17-19-41(20-18-40)23-24-9-11-27(12-10-24)37-33-32-25(15-16-35-34(32)42)21-31(39-33)38-29-14-13-28(22-30(29)43-2)36-26-7-5-4-6-8-26/h4-16,21-22,36H,3,17-20,23H2,1-2H3,(H,35,42)(H2,37,38,39). The summed E-state index contributed by atoms with van der Waals surface area (Å²) in [6.07, 6.45) is 1.65. The predicted molar refractivity (Wildman–Crippen MR) is 175 cm³/mol. The van der Waals surface area contributed by atoms with Gasteiger partial charge in [-0.3, -0.25) is 9.69 Å². The minimum atomic E-state index is -0.198. The van der Waals surface area contributed by atoms with Crippen LogP contribution < -0.4 is 26.2 Å². The van der Waals surface area contributed by atoms with Crippen LogP contribution in [0, 0.1) is 0 Å². The van der Waals surface area contributed by atoms with Crippen LogP contribution in [0.25, 0.3) is 10.8 Å². The van der Waals surface area contributed by atoms with Gasteiger partial charge in [-0.25, -0.2) is 4.98 Å². The van der Waals surface area contributed by atoms with E-state index in [-0.39, 0.29) is 5.56 Å². The third-order valence-electron chi connectivity index (χ3n) is 7.82. The molecule has 1 saturated heterocycles. The van der Waals surface area contributed by atoms with Crippen LogP contribution in [0.5, 0.6) is 5.75 Å². The summed E-state index contributed by atoms with van der Waals surface area (Å²) < 4.78 is 5.70. The summed E-state index contributed by atoms with van der Waals surface area (Å²) in [6, 6.07) is 28.0. The number of pyridine rings is 2. The maximum absolute atomic E-state index is 12.9. The predicted octanol–water partition coefficient (Wildman–Crippen LogP) is 6.30. The zero-order valence-corrected chi connectivity index (χ0v) is 24.6. The quantitative estimate of drug-likeness (QED) is 0.154. The molecule has 220 valence electrons. The number of aromatic nitrogens is 2. The van der Waals surface area contributed by atoms with Gasteiger partial charge in [0, 0.05) is 62.0 Å². The van der Waals surface area contributed by atoms with E-state index in [0.29, 0.717) is 22.8 Å². The van der Waals surface area contributed by atoms with Crippen molar-refractivity contribution in [2.45, 2.75) is 13.5 Å². The van der Waals surface area contributed by atoms with Crippen molar-refractivity contribution in [3.8, 4) is 5.75 Å². The highest BCUT2D eigenvalue weighted by atomic mass is 16.5. The van der Waals surface area contributed by atoms with Crippen LogP contribution in [-0.4, -0.2) is 59.6 Å². The van der Waals surface area contributed by atoms with E-state index >= 15 is 0 Å². The smallest absolute Gasteiger partial charge is 0.259 e. The molecule has 6 rings (SSSR count). The highest BCUT2D eigenvalue weighted by Gasteiger charge is 2.16. The SMILES string of the molecule is CCN1CCN(Cc2ccc(Nc3nc(Nc4ccc(Nc5ccccc5)cc4OC)cc4cc[nH]c(=O)c34)cc2)CC1. The fourth-order valence-corrected chi connectivity index (χ4v) is 5.42. The minimum Gasteiger partial charge on any atom is -0.494 e. The Labute approximate surface area is 251 Å². The minimum absolute atomic E-state index is 0.198. The zero-order chi connectivity index (χ0) is 29.6. The van der Waals surface area contributed by atoms with E-state index in [1.54, 1.807) is 13.3 Å².